The lowest BCUT2D eigenvalue weighted by Crippen LogP contribution is -2.28. The zero-order chi connectivity index (χ0) is 16.3. The first kappa shape index (κ1) is 15.9. The fraction of sp³-hybridized carbons (Fsp3) is 0.429. The summed E-state index contributed by atoms with van der Waals surface area (Å²) in [4.78, 5) is 40.7. The molecule has 1 atom stereocenters. The number of aliphatic hydroxyl groups excluding tert-OH is 1. The van der Waals surface area contributed by atoms with Crippen LogP contribution in [0.2, 0.25) is 0 Å². The van der Waals surface area contributed by atoms with Crippen LogP contribution in [0.15, 0.2) is 6.20 Å². The number of rotatable bonds is 6. The van der Waals surface area contributed by atoms with Crippen LogP contribution in [0.3, 0.4) is 0 Å². The van der Waals surface area contributed by atoms with E-state index in [4.69, 9.17) is 5.11 Å². The van der Waals surface area contributed by atoms with Gasteiger partial charge in [0.25, 0.3) is 5.91 Å². The molecule has 0 saturated heterocycles. The van der Waals surface area contributed by atoms with Crippen molar-refractivity contribution in [3.8, 4) is 0 Å². The maximum atomic E-state index is 12.1. The van der Waals surface area contributed by atoms with E-state index in [9.17, 15) is 14.4 Å². The van der Waals surface area contributed by atoms with E-state index in [1.165, 1.54) is 6.20 Å². The Labute approximate surface area is 127 Å². The molecule has 0 aliphatic carbocycles. The van der Waals surface area contributed by atoms with E-state index in [0.29, 0.717) is 23.2 Å². The van der Waals surface area contributed by atoms with Crippen LogP contribution in [0.25, 0.3) is 0 Å². The molecule has 1 unspecified atom stereocenters. The van der Waals surface area contributed by atoms with E-state index in [2.05, 4.69) is 15.6 Å². The van der Waals surface area contributed by atoms with Gasteiger partial charge in [-0.3, -0.25) is 14.4 Å². The molecule has 0 bridgehead atoms. The van der Waals surface area contributed by atoms with Crippen LogP contribution in [0.4, 0.5) is 11.4 Å². The predicted octanol–water partition coefficient (Wildman–Crippen LogP) is -0.853. The summed E-state index contributed by atoms with van der Waals surface area (Å²) in [6.07, 6.45) is 1.80. The van der Waals surface area contributed by atoms with Gasteiger partial charge in [-0.2, -0.15) is 0 Å². The molecule has 1 aliphatic heterocycles. The first-order valence-electron chi connectivity index (χ1n) is 6.83. The molecular formula is C14H18N4O4. The van der Waals surface area contributed by atoms with Gasteiger partial charge in [0, 0.05) is 32.7 Å². The number of hydrogen-bond acceptors (Lipinski definition) is 7. The van der Waals surface area contributed by atoms with Crippen molar-refractivity contribution in [1.29, 1.82) is 0 Å². The van der Waals surface area contributed by atoms with E-state index < -0.39 is 17.6 Å². The van der Waals surface area contributed by atoms with E-state index >= 15 is 0 Å². The number of aliphatic hydroxyl groups is 1. The molecule has 0 aromatic carbocycles. The molecule has 2 rings (SSSR count). The SMILES string of the molecule is CN(C)c1cnc(C(=O)NCCO)c2c1C(C(=O)C=O)CN2. The van der Waals surface area contributed by atoms with Crippen molar-refractivity contribution in [3.63, 3.8) is 0 Å². The molecule has 0 saturated carbocycles. The Morgan fingerprint density at radius 1 is 1.55 bits per heavy atom. The van der Waals surface area contributed by atoms with Crippen LogP contribution >= 0.6 is 0 Å². The molecule has 1 aromatic rings. The van der Waals surface area contributed by atoms with E-state index in [0.717, 1.165) is 0 Å². The normalized spacial score (nSPS) is 15.7. The van der Waals surface area contributed by atoms with Gasteiger partial charge in [0.15, 0.2) is 12.0 Å². The first-order chi connectivity index (χ1) is 10.5. The Kier molecular flexibility index (Phi) is 4.71. The third kappa shape index (κ3) is 2.77. The number of carbonyl (C=O) groups is 3. The maximum absolute atomic E-state index is 12.1. The predicted molar refractivity (Wildman–Crippen MR) is 80.3 cm³/mol. The lowest BCUT2D eigenvalue weighted by molar-refractivity contribution is -0.130. The number of aldehydes is 1. The highest BCUT2D eigenvalue weighted by atomic mass is 16.3. The van der Waals surface area contributed by atoms with Gasteiger partial charge in [0.05, 0.1) is 30.1 Å². The van der Waals surface area contributed by atoms with Crippen molar-refractivity contribution in [3.05, 3.63) is 17.5 Å². The van der Waals surface area contributed by atoms with Crippen molar-refractivity contribution in [1.82, 2.24) is 10.3 Å². The van der Waals surface area contributed by atoms with Crippen molar-refractivity contribution < 1.29 is 19.5 Å². The quantitative estimate of drug-likeness (QED) is 0.463. The molecule has 3 N–H and O–H groups in total. The largest absolute Gasteiger partial charge is 0.395 e. The number of Topliss-reactive ketones (excluding diaryl/α,β-unsaturated/α-hetero) is 1. The number of aromatic nitrogens is 1. The number of ketones is 1. The number of fused-ring (bicyclic) bond motifs is 1. The first-order valence-corrected chi connectivity index (χ1v) is 6.83. The van der Waals surface area contributed by atoms with Gasteiger partial charge >= 0.3 is 0 Å². The molecule has 1 amide bonds. The minimum Gasteiger partial charge on any atom is -0.395 e. The minimum absolute atomic E-state index is 0.113. The van der Waals surface area contributed by atoms with Crippen LogP contribution in [-0.4, -0.2) is 61.9 Å². The summed E-state index contributed by atoms with van der Waals surface area (Å²) >= 11 is 0. The number of hydrogen-bond donors (Lipinski definition) is 3. The number of nitrogens with zero attached hydrogens (tertiary/aromatic N) is 2. The highest BCUT2D eigenvalue weighted by Gasteiger charge is 2.35. The summed E-state index contributed by atoms with van der Waals surface area (Å²) in [5.41, 5.74) is 1.89. The number of carbonyl (C=O) groups excluding carboxylic acids is 3. The fourth-order valence-corrected chi connectivity index (χ4v) is 2.46. The Balaban J connectivity index is 2.50. The second kappa shape index (κ2) is 6.52. The third-order valence-electron chi connectivity index (χ3n) is 3.48. The number of nitrogens with one attached hydrogen (secondary N) is 2. The van der Waals surface area contributed by atoms with E-state index in [1.54, 1.807) is 19.0 Å². The van der Waals surface area contributed by atoms with Crippen LogP contribution in [0, 0.1) is 0 Å². The maximum Gasteiger partial charge on any atom is 0.272 e. The van der Waals surface area contributed by atoms with Gasteiger partial charge in [-0.25, -0.2) is 4.98 Å². The molecule has 22 heavy (non-hydrogen) atoms. The average Bonchev–Trinajstić information content (AvgIpc) is 2.95. The van der Waals surface area contributed by atoms with Crippen molar-refractivity contribution in [2.45, 2.75) is 5.92 Å². The lowest BCUT2D eigenvalue weighted by Gasteiger charge is -2.19. The van der Waals surface area contributed by atoms with Gasteiger partial charge in [0.2, 0.25) is 5.78 Å². The summed E-state index contributed by atoms with van der Waals surface area (Å²) in [6, 6.07) is 0. The molecule has 8 nitrogen and oxygen atoms in total. The molecule has 8 heteroatoms. The second-order valence-electron chi connectivity index (χ2n) is 5.11. The Bertz CT molecular complexity index is 615. The summed E-state index contributed by atoms with van der Waals surface area (Å²) in [5, 5.41) is 14.3. The van der Waals surface area contributed by atoms with Crippen LogP contribution in [0.5, 0.6) is 0 Å². The van der Waals surface area contributed by atoms with E-state index in [1.807, 2.05) is 0 Å². The van der Waals surface area contributed by atoms with Crippen molar-refractivity contribution >= 4 is 29.4 Å². The number of amides is 1. The Morgan fingerprint density at radius 2 is 2.27 bits per heavy atom. The minimum atomic E-state index is -0.628. The van der Waals surface area contributed by atoms with Crippen molar-refractivity contribution in [2.75, 3.05) is 44.0 Å². The standard InChI is InChI=1S/C14H18N4O4/c1-18(2)9-6-17-13(14(22)15-3-4-19)12-11(9)8(5-16-12)10(21)7-20/h6-8,16,19H,3-5H2,1-2H3,(H,15,22). The Hall–Kier alpha value is -2.48. The monoisotopic (exact) mass is 306 g/mol. The zero-order valence-corrected chi connectivity index (χ0v) is 12.4. The van der Waals surface area contributed by atoms with Crippen LogP contribution in [0.1, 0.15) is 22.0 Å². The van der Waals surface area contributed by atoms with Crippen LogP contribution < -0.4 is 15.5 Å². The zero-order valence-electron chi connectivity index (χ0n) is 12.4. The van der Waals surface area contributed by atoms with E-state index in [-0.39, 0.29) is 25.4 Å². The van der Waals surface area contributed by atoms with Gasteiger partial charge in [-0.15, -0.1) is 0 Å². The molecule has 0 fully saturated rings. The fourth-order valence-electron chi connectivity index (χ4n) is 2.46. The molecule has 1 aliphatic rings. The smallest absolute Gasteiger partial charge is 0.272 e. The van der Waals surface area contributed by atoms with Gasteiger partial charge in [0.1, 0.15) is 0 Å². The second-order valence-corrected chi connectivity index (χ2v) is 5.11. The topological polar surface area (TPSA) is 112 Å². The van der Waals surface area contributed by atoms with Gasteiger partial charge in [-0.05, 0) is 0 Å². The molecular weight excluding hydrogens is 288 g/mol. The molecule has 0 spiro atoms. The van der Waals surface area contributed by atoms with Gasteiger partial charge < -0.3 is 20.6 Å². The summed E-state index contributed by atoms with van der Waals surface area (Å²) < 4.78 is 0. The average molecular weight is 306 g/mol. The Morgan fingerprint density at radius 3 is 2.86 bits per heavy atom. The lowest BCUT2D eigenvalue weighted by atomic mass is 9.95. The highest BCUT2D eigenvalue weighted by Crippen LogP contribution is 2.40. The summed E-state index contributed by atoms with van der Waals surface area (Å²) in [6.45, 7) is 0.185. The van der Waals surface area contributed by atoms with Crippen molar-refractivity contribution in [2.24, 2.45) is 0 Å². The molecule has 118 valence electrons. The van der Waals surface area contributed by atoms with Crippen LogP contribution in [-0.2, 0) is 9.59 Å². The highest BCUT2D eigenvalue weighted by molar-refractivity contribution is 6.28. The molecule has 1 aromatic heterocycles. The molecule has 0 radical (unpaired) electrons. The number of anilines is 2. The number of pyridine rings is 1. The third-order valence-corrected chi connectivity index (χ3v) is 3.48. The molecule has 2 heterocycles. The van der Waals surface area contributed by atoms with Gasteiger partial charge in [-0.1, -0.05) is 0 Å². The summed E-state index contributed by atoms with van der Waals surface area (Å²) in [7, 11) is 3.59. The summed E-state index contributed by atoms with van der Waals surface area (Å²) in [5.74, 6) is -1.61.